The molecule has 4 heterocycles. The maximum atomic E-state index is 13.2. The van der Waals surface area contributed by atoms with Crippen LogP contribution in [0.25, 0.3) is 0 Å². The summed E-state index contributed by atoms with van der Waals surface area (Å²) in [5.41, 5.74) is 0.270. The Hall–Kier alpha value is -4.18. The molecule has 5 aliphatic rings. The topological polar surface area (TPSA) is 202 Å². The lowest BCUT2D eigenvalue weighted by molar-refractivity contribution is -0.146. The first-order valence-corrected chi connectivity index (χ1v) is 21.4. The molecule has 59 heavy (non-hydrogen) atoms. The van der Waals surface area contributed by atoms with Crippen molar-refractivity contribution in [1.82, 2.24) is 20.9 Å². The number of nitrogens with zero attached hydrogens (tertiary/aromatic N) is 1. The molecule has 0 radical (unpaired) electrons. The van der Waals surface area contributed by atoms with Crippen LogP contribution in [0.15, 0.2) is 48.1 Å². The van der Waals surface area contributed by atoms with Gasteiger partial charge in [-0.15, -0.1) is 0 Å². The fraction of sp³-hybridized carbons (Fsp3) is 0.682. The van der Waals surface area contributed by atoms with Crippen LogP contribution in [0.1, 0.15) is 112 Å². The Morgan fingerprint density at radius 3 is 2.25 bits per heavy atom. The Kier molecular flexibility index (Phi) is 16.6. The van der Waals surface area contributed by atoms with Gasteiger partial charge in [-0.25, -0.2) is 0 Å². The zero-order chi connectivity index (χ0) is 42.7. The smallest absolute Gasteiger partial charge is 0.303 e. The quantitative estimate of drug-likeness (QED) is 0.0394. The minimum absolute atomic E-state index is 0.00510. The lowest BCUT2D eigenvalue weighted by atomic mass is 9.87. The molecule has 1 saturated carbocycles. The molecule has 5 amide bonds. The van der Waals surface area contributed by atoms with Gasteiger partial charge in [-0.1, -0.05) is 37.1 Å². The van der Waals surface area contributed by atoms with E-state index in [1.54, 1.807) is 13.0 Å². The summed E-state index contributed by atoms with van der Waals surface area (Å²) >= 11 is 0. The van der Waals surface area contributed by atoms with Crippen LogP contribution in [0, 0.1) is 5.92 Å². The van der Waals surface area contributed by atoms with Crippen LogP contribution in [0.3, 0.4) is 0 Å². The summed E-state index contributed by atoms with van der Waals surface area (Å²) in [6.07, 6.45) is 16.3. The Balaban J connectivity index is 0.990. The van der Waals surface area contributed by atoms with Crippen molar-refractivity contribution < 1.29 is 52.8 Å². The number of hydrogen-bond donors (Lipinski definition) is 4. The standard InChI is InChI=1S/C44H64N4O11/c1-27(10-17-36-28(2)23-35(30(4)58-36)47-39(51)19-12-29(3)57-31(5)49)11-18-37-43(55)44(26-56-44)25-34(59-37)24-40(52)46-33-15-13-32(14-16-33)45-38(50)9-7-6-8-22-48-41(53)20-21-42(48)54/h10-12,18-21,28-30,32-37,43,55H,6-9,13-17,22-26H2,1-5H3,(H,45,50)(H,46,52)(H,47,51)/b18-11+,19-12-,27-10+/t28-,29-,30+,32-,33-,34+,35+,36-,37+,43+,44+/m0/s1. The van der Waals surface area contributed by atoms with E-state index < -0.39 is 36.0 Å². The molecule has 0 aromatic rings. The fourth-order valence-electron chi connectivity index (χ4n) is 8.45. The molecule has 15 nitrogen and oxygen atoms in total. The Labute approximate surface area is 347 Å². The van der Waals surface area contributed by atoms with Crippen molar-refractivity contribution in [3.63, 3.8) is 0 Å². The molecule has 9 atom stereocenters. The van der Waals surface area contributed by atoms with Gasteiger partial charge in [0.2, 0.25) is 17.7 Å². The number of allylic oxidation sites excluding steroid dienone is 2. The van der Waals surface area contributed by atoms with E-state index in [-0.39, 0.29) is 72.2 Å². The number of carbonyl (C=O) groups excluding carboxylic acids is 6. The number of esters is 1. The number of hydrogen-bond acceptors (Lipinski definition) is 11. The minimum Gasteiger partial charge on any atom is -0.459 e. The molecule has 5 rings (SSSR count). The Bertz CT molecular complexity index is 1630. The highest BCUT2D eigenvalue weighted by atomic mass is 16.6. The highest BCUT2D eigenvalue weighted by Gasteiger charge is 2.58. The lowest BCUT2D eigenvalue weighted by Crippen LogP contribution is -2.51. The summed E-state index contributed by atoms with van der Waals surface area (Å²) in [4.78, 5) is 73.8. The highest BCUT2D eigenvalue weighted by Crippen LogP contribution is 2.43. The zero-order valence-corrected chi connectivity index (χ0v) is 35.2. The number of rotatable bonds is 18. The fourth-order valence-corrected chi connectivity index (χ4v) is 8.45. The molecule has 4 N–H and O–H groups in total. The third kappa shape index (κ3) is 13.9. The van der Waals surface area contributed by atoms with Gasteiger partial charge < -0.3 is 40.0 Å². The normalized spacial score (nSPS) is 32.7. The van der Waals surface area contributed by atoms with Gasteiger partial charge >= 0.3 is 5.97 Å². The van der Waals surface area contributed by atoms with Gasteiger partial charge in [0.05, 0.1) is 37.4 Å². The second kappa shape index (κ2) is 21.4. The number of aliphatic hydroxyl groups is 1. The monoisotopic (exact) mass is 824 g/mol. The minimum atomic E-state index is -0.852. The predicted molar refractivity (Wildman–Crippen MR) is 217 cm³/mol. The van der Waals surface area contributed by atoms with Crippen LogP contribution in [-0.2, 0) is 47.7 Å². The average Bonchev–Trinajstić information content (AvgIpc) is 3.88. The SMILES string of the molecule is CC(=O)O[C@@H](C)/C=C\C(=O)N[C@@H]1C[C@H](C)[C@H](C/C=C(C)/C=C/[C@H]2O[C@H](CC(=O)N[C@H]3CC[C@H](NC(=O)CCCCCN4C(=O)C=CC4=O)CC3)C[C@@]3(CO3)[C@@H]2O)O[C@@H]1C. The number of amides is 5. The largest absolute Gasteiger partial charge is 0.459 e. The number of carbonyl (C=O) groups is 6. The molecule has 4 aliphatic heterocycles. The number of imide groups is 1. The molecule has 1 aliphatic carbocycles. The second-order valence-corrected chi connectivity index (χ2v) is 17.0. The van der Waals surface area contributed by atoms with Crippen molar-refractivity contribution >= 4 is 35.5 Å². The van der Waals surface area contributed by atoms with Crippen molar-refractivity contribution in [2.45, 2.75) is 172 Å². The van der Waals surface area contributed by atoms with Gasteiger partial charge in [0.25, 0.3) is 11.8 Å². The van der Waals surface area contributed by atoms with Crippen LogP contribution >= 0.6 is 0 Å². The molecule has 4 fully saturated rings. The molecular weight excluding hydrogens is 761 g/mol. The van der Waals surface area contributed by atoms with Crippen molar-refractivity contribution in [2.24, 2.45) is 5.92 Å². The Morgan fingerprint density at radius 1 is 0.949 bits per heavy atom. The van der Waals surface area contributed by atoms with E-state index in [1.807, 2.05) is 26.0 Å². The molecule has 0 aromatic carbocycles. The predicted octanol–water partition coefficient (Wildman–Crippen LogP) is 3.39. The summed E-state index contributed by atoms with van der Waals surface area (Å²) in [6, 6.07) is -0.0735. The van der Waals surface area contributed by atoms with Crippen molar-refractivity contribution in [1.29, 1.82) is 0 Å². The van der Waals surface area contributed by atoms with Crippen LogP contribution in [0.5, 0.6) is 0 Å². The van der Waals surface area contributed by atoms with Gasteiger partial charge in [0, 0.05) is 56.6 Å². The highest BCUT2D eigenvalue weighted by molar-refractivity contribution is 6.12. The molecule has 326 valence electrons. The van der Waals surface area contributed by atoms with E-state index in [1.165, 1.54) is 30.1 Å². The van der Waals surface area contributed by atoms with Gasteiger partial charge in [0.15, 0.2) is 0 Å². The van der Waals surface area contributed by atoms with Crippen LogP contribution < -0.4 is 16.0 Å². The van der Waals surface area contributed by atoms with Gasteiger partial charge in [-0.3, -0.25) is 33.7 Å². The van der Waals surface area contributed by atoms with Crippen molar-refractivity contribution in [3.05, 3.63) is 48.1 Å². The van der Waals surface area contributed by atoms with Gasteiger partial charge in [-0.05, 0) is 84.1 Å². The number of unbranched alkanes of at least 4 members (excludes halogenated alkanes) is 2. The molecule has 0 bridgehead atoms. The van der Waals surface area contributed by atoms with E-state index in [0.29, 0.717) is 45.3 Å². The first kappa shape index (κ1) is 45.9. The third-order valence-electron chi connectivity index (χ3n) is 12.0. The summed E-state index contributed by atoms with van der Waals surface area (Å²) in [5.74, 6) is -1.16. The number of epoxide rings is 1. The van der Waals surface area contributed by atoms with Gasteiger partial charge in [-0.2, -0.15) is 0 Å². The van der Waals surface area contributed by atoms with Crippen LogP contribution in [-0.4, -0.2) is 119 Å². The maximum Gasteiger partial charge on any atom is 0.303 e. The molecule has 3 saturated heterocycles. The van der Waals surface area contributed by atoms with E-state index in [9.17, 15) is 33.9 Å². The number of aliphatic hydroxyl groups excluding tert-OH is 1. The summed E-state index contributed by atoms with van der Waals surface area (Å²) in [5, 5.41) is 20.4. The van der Waals surface area contributed by atoms with E-state index in [0.717, 1.165) is 44.1 Å². The van der Waals surface area contributed by atoms with Crippen LogP contribution in [0.2, 0.25) is 0 Å². The number of nitrogens with one attached hydrogen (secondary N) is 3. The van der Waals surface area contributed by atoms with E-state index in [4.69, 9.17) is 18.9 Å². The second-order valence-electron chi connectivity index (χ2n) is 17.0. The van der Waals surface area contributed by atoms with Crippen molar-refractivity contribution in [2.75, 3.05) is 13.2 Å². The van der Waals surface area contributed by atoms with Gasteiger partial charge in [0.1, 0.15) is 23.9 Å². The van der Waals surface area contributed by atoms with Crippen LogP contribution in [0.4, 0.5) is 0 Å². The molecule has 0 aromatic heterocycles. The first-order chi connectivity index (χ1) is 28.1. The third-order valence-corrected chi connectivity index (χ3v) is 12.0. The number of ether oxygens (including phenoxy) is 4. The van der Waals surface area contributed by atoms with Crippen molar-refractivity contribution in [3.8, 4) is 0 Å². The summed E-state index contributed by atoms with van der Waals surface area (Å²) in [6.45, 7) is 9.84. The summed E-state index contributed by atoms with van der Waals surface area (Å²) < 4.78 is 23.4. The average molecular weight is 825 g/mol. The summed E-state index contributed by atoms with van der Waals surface area (Å²) in [7, 11) is 0. The Morgan fingerprint density at radius 2 is 1.61 bits per heavy atom. The molecule has 15 heteroatoms. The van der Waals surface area contributed by atoms with E-state index in [2.05, 4.69) is 29.0 Å². The molecule has 0 unspecified atom stereocenters. The van der Waals surface area contributed by atoms with E-state index >= 15 is 0 Å². The molecule has 1 spiro atoms. The lowest BCUT2D eigenvalue weighted by Gasteiger charge is -2.39. The maximum absolute atomic E-state index is 13.2. The molecular formula is C44H64N4O11. The zero-order valence-electron chi connectivity index (χ0n) is 35.2. The first-order valence-electron chi connectivity index (χ1n) is 21.4.